The molecule has 29 heavy (non-hydrogen) atoms. The molecule has 0 aliphatic heterocycles. The first-order valence-corrected chi connectivity index (χ1v) is 9.63. The number of aryl methyl sites for hydroxylation is 1. The van der Waals surface area contributed by atoms with E-state index >= 15 is 0 Å². The Balaban J connectivity index is 1.42. The Morgan fingerprint density at radius 1 is 1.21 bits per heavy atom. The fourth-order valence-electron chi connectivity index (χ4n) is 2.56. The lowest BCUT2D eigenvalue weighted by Gasteiger charge is -2.09. The average molecular weight is 408 g/mol. The van der Waals surface area contributed by atoms with Gasteiger partial charge in [0.15, 0.2) is 0 Å². The molecule has 0 bridgehead atoms. The molecule has 1 aromatic carbocycles. The lowest BCUT2D eigenvalue weighted by molar-refractivity contribution is -0.113. The molecule has 10 nitrogen and oxygen atoms in total. The van der Waals surface area contributed by atoms with Crippen molar-refractivity contribution in [1.82, 2.24) is 35.3 Å². The highest BCUT2D eigenvalue weighted by molar-refractivity contribution is 7.99. The van der Waals surface area contributed by atoms with Crippen molar-refractivity contribution in [2.24, 2.45) is 7.05 Å². The SMILES string of the molecule is Cn1nnnc1SCC(=O)Nc1ccccc1Cc1nc(-c2ccncc2)no1. The first kappa shape index (κ1) is 18.7. The zero-order valence-corrected chi connectivity index (χ0v) is 16.2. The molecular formula is C18H16N8O2S. The summed E-state index contributed by atoms with van der Waals surface area (Å²) in [6, 6.07) is 11.1. The number of carbonyl (C=O) groups is 1. The minimum atomic E-state index is -0.159. The van der Waals surface area contributed by atoms with E-state index in [0.29, 0.717) is 29.0 Å². The first-order chi connectivity index (χ1) is 14.2. The number of benzene rings is 1. The predicted octanol–water partition coefficient (Wildman–Crippen LogP) is 1.98. The lowest BCUT2D eigenvalue weighted by Crippen LogP contribution is -2.16. The second kappa shape index (κ2) is 8.61. The number of hydrogen-bond donors (Lipinski definition) is 1. The maximum Gasteiger partial charge on any atom is 0.234 e. The summed E-state index contributed by atoms with van der Waals surface area (Å²) in [6.45, 7) is 0. The van der Waals surface area contributed by atoms with E-state index in [9.17, 15) is 4.79 Å². The second-order valence-corrected chi connectivity index (χ2v) is 6.95. The summed E-state index contributed by atoms with van der Waals surface area (Å²) in [5.74, 6) is 0.985. The van der Waals surface area contributed by atoms with Crippen LogP contribution in [0, 0.1) is 0 Å². The molecule has 0 unspecified atom stereocenters. The number of hydrogen-bond acceptors (Lipinski definition) is 9. The van der Waals surface area contributed by atoms with Crippen LogP contribution in [0.5, 0.6) is 0 Å². The van der Waals surface area contributed by atoms with Crippen LogP contribution in [-0.4, -0.2) is 47.0 Å². The number of carbonyl (C=O) groups excluding carboxylic acids is 1. The summed E-state index contributed by atoms with van der Waals surface area (Å²) in [5.41, 5.74) is 2.39. The predicted molar refractivity (Wildman–Crippen MR) is 105 cm³/mol. The minimum Gasteiger partial charge on any atom is -0.339 e. The number of anilines is 1. The molecule has 0 saturated heterocycles. The van der Waals surface area contributed by atoms with E-state index in [1.165, 1.54) is 16.4 Å². The molecule has 3 heterocycles. The number of nitrogens with zero attached hydrogens (tertiary/aromatic N) is 7. The Kier molecular flexibility index (Phi) is 5.56. The van der Waals surface area contributed by atoms with Gasteiger partial charge in [0.1, 0.15) is 0 Å². The number of rotatable bonds is 7. The van der Waals surface area contributed by atoms with Gasteiger partial charge in [-0.05, 0) is 34.2 Å². The van der Waals surface area contributed by atoms with E-state index in [1.54, 1.807) is 19.4 Å². The Morgan fingerprint density at radius 2 is 2.03 bits per heavy atom. The monoisotopic (exact) mass is 408 g/mol. The van der Waals surface area contributed by atoms with Crippen LogP contribution < -0.4 is 5.32 Å². The van der Waals surface area contributed by atoms with Crippen LogP contribution in [0.2, 0.25) is 0 Å². The van der Waals surface area contributed by atoms with Gasteiger partial charge in [-0.2, -0.15) is 4.98 Å². The van der Waals surface area contributed by atoms with Crippen LogP contribution in [0.15, 0.2) is 58.5 Å². The Labute approximate surface area is 169 Å². The van der Waals surface area contributed by atoms with Crippen molar-refractivity contribution < 1.29 is 9.32 Å². The highest BCUT2D eigenvalue weighted by Gasteiger charge is 2.13. The average Bonchev–Trinajstić information content (AvgIpc) is 3.37. The smallest absolute Gasteiger partial charge is 0.234 e. The summed E-state index contributed by atoms with van der Waals surface area (Å²) in [4.78, 5) is 20.8. The van der Waals surface area contributed by atoms with E-state index in [0.717, 1.165) is 11.1 Å². The Morgan fingerprint density at radius 3 is 2.83 bits per heavy atom. The standard InChI is InChI=1S/C18H16N8O2S/c1-26-18(22-24-25-26)29-11-15(27)20-14-5-3-2-4-13(14)10-16-21-17(23-28-16)12-6-8-19-9-7-12/h2-9H,10-11H2,1H3,(H,20,27). The quantitative estimate of drug-likeness (QED) is 0.457. The number of pyridine rings is 1. The van der Waals surface area contributed by atoms with Crippen LogP contribution >= 0.6 is 11.8 Å². The third-order valence-electron chi connectivity index (χ3n) is 3.95. The van der Waals surface area contributed by atoms with Gasteiger partial charge >= 0.3 is 0 Å². The summed E-state index contributed by atoms with van der Waals surface area (Å²) >= 11 is 1.26. The Hall–Kier alpha value is -3.60. The molecule has 4 aromatic rings. The molecule has 4 rings (SSSR count). The van der Waals surface area contributed by atoms with Crippen molar-refractivity contribution in [3.8, 4) is 11.4 Å². The molecule has 0 radical (unpaired) electrons. The molecular weight excluding hydrogens is 392 g/mol. The number of tetrazole rings is 1. The number of aromatic nitrogens is 7. The van der Waals surface area contributed by atoms with Gasteiger partial charge in [-0.25, -0.2) is 4.68 Å². The van der Waals surface area contributed by atoms with Crippen molar-refractivity contribution >= 4 is 23.4 Å². The highest BCUT2D eigenvalue weighted by atomic mass is 32.2. The van der Waals surface area contributed by atoms with Gasteiger partial charge in [0.05, 0.1) is 12.2 Å². The molecule has 0 saturated carbocycles. The van der Waals surface area contributed by atoms with Crippen molar-refractivity contribution in [1.29, 1.82) is 0 Å². The van der Waals surface area contributed by atoms with Crippen LogP contribution in [0.4, 0.5) is 5.69 Å². The number of thioether (sulfide) groups is 1. The van der Waals surface area contributed by atoms with Gasteiger partial charge in [-0.15, -0.1) is 5.10 Å². The normalized spacial score (nSPS) is 10.8. The molecule has 0 aliphatic rings. The molecule has 0 fully saturated rings. The summed E-state index contributed by atoms with van der Waals surface area (Å²) in [6.07, 6.45) is 3.74. The van der Waals surface area contributed by atoms with E-state index in [2.05, 4.69) is 36.0 Å². The second-order valence-electron chi connectivity index (χ2n) is 6.00. The molecule has 0 atom stereocenters. The van der Waals surface area contributed by atoms with Gasteiger partial charge in [-0.3, -0.25) is 9.78 Å². The molecule has 11 heteroatoms. The zero-order valence-electron chi connectivity index (χ0n) is 15.4. The number of amides is 1. The van der Waals surface area contributed by atoms with E-state index in [-0.39, 0.29) is 11.7 Å². The van der Waals surface area contributed by atoms with Gasteiger partial charge < -0.3 is 9.84 Å². The fourth-order valence-corrected chi connectivity index (χ4v) is 3.21. The lowest BCUT2D eigenvalue weighted by atomic mass is 10.1. The van der Waals surface area contributed by atoms with Crippen molar-refractivity contribution in [2.45, 2.75) is 11.6 Å². The van der Waals surface area contributed by atoms with Crippen molar-refractivity contribution in [3.63, 3.8) is 0 Å². The topological polar surface area (TPSA) is 125 Å². The largest absolute Gasteiger partial charge is 0.339 e. The van der Waals surface area contributed by atoms with Crippen molar-refractivity contribution in [3.05, 3.63) is 60.2 Å². The van der Waals surface area contributed by atoms with E-state index in [1.807, 2.05) is 36.4 Å². The number of nitrogens with one attached hydrogen (secondary N) is 1. The zero-order chi connectivity index (χ0) is 20.1. The first-order valence-electron chi connectivity index (χ1n) is 8.65. The van der Waals surface area contributed by atoms with Gasteiger partial charge in [0.25, 0.3) is 0 Å². The highest BCUT2D eigenvalue weighted by Crippen LogP contribution is 2.21. The maximum atomic E-state index is 12.3. The van der Waals surface area contributed by atoms with Crippen LogP contribution in [0.3, 0.4) is 0 Å². The van der Waals surface area contributed by atoms with Gasteiger partial charge in [0, 0.05) is 30.7 Å². The summed E-state index contributed by atoms with van der Waals surface area (Å²) in [7, 11) is 1.72. The third kappa shape index (κ3) is 4.63. The summed E-state index contributed by atoms with van der Waals surface area (Å²) in [5, 5.41) is 18.6. The van der Waals surface area contributed by atoms with E-state index in [4.69, 9.17) is 4.52 Å². The molecule has 1 amide bonds. The summed E-state index contributed by atoms with van der Waals surface area (Å²) < 4.78 is 6.89. The molecule has 146 valence electrons. The Bertz CT molecular complexity index is 1110. The minimum absolute atomic E-state index is 0.159. The number of para-hydroxylation sites is 1. The van der Waals surface area contributed by atoms with Crippen LogP contribution in [-0.2, 0) is 18.3 Å². The third-order valence-corrected chi connectivity index (χ3v) is 4.96. The molecule has 0 spiro atoms. The molecule has 0 aliphatic carbocycles. The van der Waals surface area contributed by atoms with Gasteiger partial charge in [0.2, 0.25) is 22.8 Å². The fraction of sp³-hybridized carbons (Fsp3) is 0.167. The van der Waals surface area contributed by atoms with Crippen LogP contribution in [0.25, 0.3) is 11.4 Å². The van der Waals surface area contributed by atoms with E-state index < -0.39 is 0 Å². The van der Waals surface area contributed by atoms with Gasteiger partial charge in [-0.1, -0.05) is 35.1 Å². The molecule has 3 aromatic heterocycles. The molecule has 1 N–H and O–H groups in total. The van der Waals surface area contributed by atoms with Crippen LogP contribution in [0.1, 0.15) is 11.5 Å². The van der Waals surface area contributed by atoms with Crippen molar-refractivity contribution in [2.75, 3.05) is 11.1 Å². The maximum absolute atomic E-state index is 12.3.